The van der Waals surface area contributed by atoms with Gasteiger partial charge in [0.2, 0.25) is 0 Å². The highest BCUT2D eigenvalue weighted by Crippen LogP contribution is 2.30. The van der Waals surface area contributed by atoms with E-state index in [1.165, 1.54) is 12.8 Å². The number of aromatic nitrogens is 1. The second kappa shape index (κ2) is 4.84. The zero-order chi connectivity index (χ0) is 12.5. The number of aliphatic hydroxyl groups excluding tert-OH is 1. The van der Waals surface area contributed by atoms with Crippen molar-refractivity contribution in [1.82, 2.24) is 10.3 Å². The van der Waals surface area contributed by atoms with E-state index in [0.717, 1.165) is 16.5 Å². The number of hydrogen-bond donors (Lipinski definition) is 2. The Hall–Kier alpha value is -1.16. The van der Waals surface area contributed by atoms with Gasteiger partial charge >= 0.3 is 0 Å². The molecule has 1 saturated carbocycles. The fourth-order valence-electron chi connectivity index (χ4n) is 2.22. The molecule has 1 aromatic carbocycles. The summed E-state index contributed by atoms with van der Waals surface area (Å²) in [6.45, 7) is 0.0732. The van der Waals surface area contributed by atoms with Crippen LogP contribution in [0.25, 0.3) is 10.9 Å². The number of nitrogens with one attached hydrogen (secondary N) is 1. The standard InChI is InChI=1S/C14H15ClN2O/c15-12-6-5-11(13(8-18)17-9-3-4-9)14-10(12)2-1-7-16-14/h1-2,5-7,9,13,17-18H,3-4,8H2. The zero-order valence-electron chi connectivity index (χ0n) is 9.94. The van der Waals surface area contributed by atoms with Crippen molar-refractivity contribution in [3.8, 4) is 0 Å². The fraction of sp³-hybridized carbons (Fsp3) is 0.357. The average molecular weight is 263 g/mol. The van der Waals surface area contributed by atoms with Crippen LogP contribution in [0.2, 0.25) is 5.02 Å². The van der Waals surface area contributed by atoms with Crippen LogP contribution in [0.15, 0.2) is 30.5 Å². The molecule has 2 N–H and O–H groups in total. The maximum atomic E-state index is 9.56. The summed E-state index contributed by atoms with van der Waals surface area (Å²) in [4.78, 5) is 4.40. The molecular weight excluding hydrogens is 248 g/mol. The molecule has 0 radical (unpaired) electrons. The third kappa shape index (κ3) is 2.21. The molecule has 1 heterocycles. The average Bonchev–Trinajstić information content (AvgIpc) is 3.21. The summed E-state index contributed by atoms with van der Waals surface area (Å²) >= 11 is 6.17. The second-order valence-electron chi connectivity index (χ2n) is 4.71. The highest BCUT2D eigenvalue weighted by Gasteiger charge is 2.26. The molecule has 1 aliphatic carbocycles. The highest BCUT2D eigenvalue weighted by atomic mass is 35.5. The quantitative estimate of drug-likeness (QED) is 0.891. The molecule has 94 valence electrons. The number of hydrogen-bond acceptors (Lipinski definition) is 3. The molecule has 0 bridgehead atoms. The Kier molecular flexibility index (Phi) is 3.20. The molecular formula is C14H15ClN2O. The van der Waals surface area contributed by atoms with Crippen LogP contribution in [-0.4, -0.2) is 22.7 Å². The Morgan fingerprint density at radius 2 is 2.22 bits per heavy atom. The van der Waals surface area contributed by atoms with Gasteiger partial charge in [-0.25, -0.2) is 0 Å². The number of halogens is 1. The monoisotopic (exact) mass is 262 g/mol. The zero-order valence-corrected chi connectivity index (χ0v) is 10.7. The molecule has 0 amide bonds. The molecule has 2 aromatic rings. The first-order chi connectivity index (χ1) is 8.79. The molecule has 3 nitrogen and oxygen atoms in total. The van der Waals surface area contributed by atoms with Crippen LogP contribution in [0.1, 0.15) is 24.4 Å². The maximum Gasteiger partial charge on any atom is 0.0765 e. The van der Waals surface area contributed by atoms with Gasteiger partial charge < -0.3 is 10.4 Å². The number of fused-ring (bicyclic) bond motifs is 1. The summed E-state index contributed by atoms with van der Waals surface area (Å²) in [7, 11) is 0. The van der Waals surface area contributed by atoms with Crippen molar-refractivity contribution >= 4 is 22.5 Å². The van der Waals surface area contributed by atoms with Gasteiger partial charge in [-0.2, -0.15) is 0 Å². The number of rotatable bonds is 4. The highest BCUT2D eigenvalue weighted by molar-refractivity contribution is 6.35. The maximum absolute atomic E-state index is 9.56. The normalized spacial score (nSPS) is 17.0. The molecule has 3 rings (SSSR count). The number of nitrogens with zero attached hydrogens (tertiary/aromatic N) is 1. The largest absolute Gasteiger partial charge is 0.394 e. The van der Waals surface area contributed by atoms with Gasteiger partial charge in [0.25, 0.3) is 0 Å². The van der Waals surface area contributed by atoms with Crippen molar-refractivity contribution in [3.05, 3.63) is 41.0 Å². The molecule has 1 unspecified atom stereocenters. The van der Waals surface area contributed by atoms with Gasteiger partial charge in [0.05, 0.1) is 18.2 Å². The van der Waals surface area contributed by atoms with Crippen LogP contribution in [0, 0.1) is 0 Å². The summed E-state index contributed by atoms with van der Waals surface area (Å²) in [5.41, 5.74) is 1.89. The summed E-state index contributed by atoms with van der Waals surface area (Å²) in [5, 5.41) is 14.6. The lowest BCUT2D eigenvalue weighted by Gasteiger charge is -2.18. The first kappa shape index (κ1) is 11.9. The second-order valence-corrected chi connectivity index (χ2v) is 5.12. The van der Waals surface area contributed by atoms with Gasteiger partial charge in [-0.3, -0.25) is 4.98 Å². The smallest absolute Gasteiger partial charge is 0.0765 e. The molecule has 0 saturated heterocycles. The van der Waals surface area contributed by atoms with Crippen molar-refractivity contribution < 1.29 is 5.11 Å². The van der Waals surface area contributed by atoms with E-state index in [1.54, 1.807) is 6.20 Å². The van der Waals surface area contributed by atoms with Crippen molar-refractivity contribution in [2.45, 2.75) is 24.9 Å². The Morgan fingerprint density at radius 1 is 1.39 bits per heavy atom. The van der Waals surface area contributed by atoms with Gasteiger partial charge in [0.1, 0.15) is 0 Å². The third-order valence-electron chi connectivity index (χ3n) is 3.32. The molecule has 1 fully saturated rings. The van der Waals surface area contributed by atoms with Crippen LogP contribution >= 0.6 is 11.6 Å². The van der Waals surface area contributed by atoms with E-state index in [9.17, 15) is 5.11 Å². The Balaban J connectivity index is 2.06. The van der Waals surface area contributed by atoms with E-state index in [1.807, 2.05) is 24.3 Å². The summed E-state index contributed by atoms with van der Waals surface area (Å²) in [6.07, 6.45) is 4.14. The number of pyridine rings is 1. The molecule has 4 heteroatoms. The van der Waals surface area contributed by atoms with Crippen molar-refractivity contribution in [2.75, 3.05) is 6.61 Å². The Bertz CT molecular complexity index is 569. The molecule has 1 atom stereocenters. The van der Waals surface area contributed by atoms with Crippen molar-refractivity contribution in [2.24, 2.45) is 0 Å². The summed E-state index contributed by atoms with van der Waals surface area (Å²) in [5.74, 6) is 0. The molecule has 1 aliphatic rings. The minimum Gasteiger partial charge on any atom is -0.394 e. The van der Waals surface area contributed by atoms with E-state index in [4.69, 9.17) is 11.6 Å². The Labute approximate surface area is 111 Å². The number of aliphatic hydroxyl groups is 1. The minimum atomic E-state index is -0.0628. The first-order valence-corrected chi connectivity index (χ1v) is 6.57. The lowest BCUT2D eigenvalue weighted by molar-refractivity contribution is 0.244. The predicted molar refractivity (Wildman–Crippen MR) is 72.7 cm³/mol. The third-order valence-corrected chi connectivity index (χ3v) is 3.65. The van der Waals surface area contributed by atoms with E-state index >= 15 is 0 Å². The van der Waals surface area contributed by atoms with Gasteiger partial charge in [0, 0.05) is 22.6 Å². The van der Waals surface area contributed by atoms with Gasteiger partial charge in [-0.05, 0) is 36.6 Å². The van der Waals surface area contributed by atoms with Crippen LogP contribution in [0.3, 0.4) is 0 Å². The molecule has 0 aliphatic heterocycles. The summed E-state index contributed by atoms with van der Waals surface area (Å²) in [6, 6.07) is 8.13. The SMILES string of the molecule is OCC(NC1CC1)c1ccc(Cl)c2cccnc12. The first-order valence-electron chi connectivity index (χ1n) is 6.19. The topological polar surface area (TPSA) is 45.1 Å². The Morgan fingerprint density at radius 3 is 2.94 bits per heavy atom. The minimum absolute atomic E-state index is 0.0628. The van der Waals surface area contributed by atoms with E-state index in [-0.39, 0.29) is 12.6 Å². The van der Waals surface area contributed by atoms with Crippen molar-refractivity contribution in [3.63, 3.8) is 0 Å². The van der Waals surface area contributed by atoms with E-state index in [2.05, 4.69) is 10.3 Å². The van der Waals surface area contributed by atoms with Gasteiger partial charge in [-0.1, -0.05) is 17.7 Å². The predicted octanol–water partition coefficient (Wildman–Crippen LogP) is 2.67. The van der Waals surface area contributed by atoms with Crippen LogP contribution < -0.4 is 5.32 Å². The number of benzene rings is 1. The van der Waals surface area contributed by atoms with E-state index in [0.29, 0.717) is 11.1 Å². The van der Waals surface area contributed by atoms with Crippen molar-refractivity contribution in [1.29, 1.82) is 0 Å². The van der Waals surface area contributed by atoms with Crippen LogP contribution in [-0.2, 0) is 0 Å². The molecule has 1 aromatic heterocycles. The van der Waals surface area contributed by atoms with Crippen LogP contribution in [0.4, 0.5) is 0 Å². The van der Waals surface area contributed by atoms with Gasteiger partial charge in [0.15, 0.2) is 0 Å². The molecule has 0 spiro atoms. The fourth-order valence-corrected chi connectivity index (χ4v) is 2.43. The van der Waals surface area contributed by atoms with Crippen LogP contribution in [0.5, 0.6) is 0 Å². The lowest BCUT2D eigenvalue weighted by atomic mass is 10.0. The molecule has 18 heavy (non-hydrogen) atoms. The lowest BCUT2D eigenvalue weighted by Crippen LogP contribution is -2.26. The summed E-state index contributed by atoms with van der Waals surface area (Å²) < 4.78 is 0. The van der Waals surface area contributed by atoms with E-state index < -0.39 is 0 Å². The van der Waals surface area contributed by atoms with Gasteiger partial charge in [-0.15, -0.1) is 0 Å².